The molecule has 1 aliphatic heterocycles. The van der Waals surface area contributed by atoms with Gasteiger partial charge in [-0.3, -0.25) is 14.3 Å². The molecular formula is C14H21N3O3S. The van der Waals surface area contributed by atoms with E-state index in [1.165, 1.54) is 6.20 Å². The van der Waals surface area contributed by atoms with Crippen LogP contribution in [-0.2, 0) is 10.8 Å². The first-order valence-electron chi connectivity index (χ1n) is 7.18. The van der Waals surface area contributed by atoms with Gasteiger partial charge in [-0.2, -0.15) is 0 Å². The predicted molar refractivity (Wildman–Crippen MR) is 84.2 cm³/mol. The first kappa shape index (κ1) is 15.9. The van der Waals surface area contributed by atoms with Crippen LogP contribution in [0.4, 0.5) is 11.5 Å². The molecule has 0 aromatic carbocycles. The number of anilines is 1. The van der Waals surface area contributed by atoms with Gasteiger partial charge in [0.1, 0.15) is 12.0 Å². The van der Waals surface area contributed by atoms with Crippen molar-refractivity contribution >= 4 is 22.3 Å². The summed E-state index contributed by atoms with van der Waals surface area (Å²) in [5, 5.41) is 10.8. The van der Waals surface area contributed by atoms with E-state index in [9.17, 15) is 14.3 Å². The minimum Gasteiger partial charge on any atom is -0.354 e. The van der Waals surface area contributed by atoms with E-state index >= 15 is 0 Å². The Labute approximate surface area is 127 Å². The van der Waals surface area contributed by atoms with Crippen LogP contribution in [0.3, 0.4) is 0 Å². The highest BCUT2D eigenvalue weighted by Gasteiger charge is 2.39. The number of nitro groups is 1. The average molecular weight is 311 g/mol. The SMILES string of the molecule is CCC1(CC)CN(c2ncc([N+](=O)[O-])cc2C)CCS1=O. The van der Waals surface area contributed by atoms with Crippen molar-refractivity contribution < 1.29 is 9.13 Å². The minimum absolute atomic E-state index is 0.00841. The molecule has 7 heteroatoms. The molecule has 0 bridgehead atoms. The van der Waals surface area contributed by atoms with E-state index in [1.807, 2.05) is 6.92 Å². The van der Waals surface area contributed by atoms with Crippen molar-refractivity contribution in [3.8, 4) is 0 Å². The largest absolute Gasteiger partial charge is 0.354 e. The number of aromatic nitrogens is 1. The van der Waals surface area contributed by atoms with Gasteiger partial charge in [0.25, 0.3) is 5.69 Å². The van der Waals surface area contributed by atoms with Crippen molar-refractivity contribution in [1.29, 1.82) is 0 Å². The van der Waals surface area contributed by atoms with E-state index in [1.54, 1.807) is 6.07 Å². The minimum atomic E-state index is -0.827. The van der Waals surface area contributed by atoms with Crippen molar-refractivity contribution in [3.05, 3.63) is 27.9 Å². The summed E-state index contributed by atoms with van der Waals surface area (Å²) in [6.07, 6.45) is 3.02. The molecule has 1 fully saturated rings. The van der Waals surface area contributed by atoms with E-state index < -0.39 is 15.7 Å². The maximum Gasteiger partial charge on any atom is 0.287 e. The van der Waals surface area contributed by atoms with Crippen LogP contribution in [-0.4, -0.2) is 37.7 Å². The molecule has 2 rings (SSSR count). The van der Waals surface area contributed by atoms with E-state index in [0.717, 1.165) is 24.2 Å². The second-order valence-corrected chi connectivity index (χ2v) is 7.42. The zero-order valence-electron chi connectivity index (χ0n) is 12.7. The molecule has 0 aliphatic carbocycles. The molecule has 1 aromatic rings. The van der Waals surface area contributed by atoms with E-state index in [0.29, 0.717) is 18.8 Å². The third kappa shape index (κ3) is 2.92. The zero-order valence-corrected chi connectivity index (χ0v) is 13.5. The second kappa shape index (κ2) is 6.09. The molecule has 1 aromatic heterocycles. The van der Waals surface area contributed by atoms with Gasteiger partial charge >= 0.3 is 0 Å². The third-order valence-electron chi connectivity index (χ3n) is 4.34. The zero-order chi connectivity index (χ0) is 15.6. The van der Waals surface area contributed by atoms with Gasteiger partial charge in [-0.25, -0.2) is 4.98 Å². The molecule has 0 radical (unpaired) electrons. The van der Waals surface area contributed by atoms with Crippen LogP contribution in [0.25, 0.3) is 0 Å². The van der Waals surface area contributed by atoms with Gasteiger partial charge in [-0.1, -0.05) is 13.8 Å². The van der Waals surface area contributed by atoms with Crippen molar-refractivity contribution in [1.82, 2.24) is 4.98 Å². The predicted octanol–water partition coefficient (Wildman–Crippen LogP) is 2.43. The second-order valence-electron chi connectivity index (χ2n) is 5.45. The summed E-state index contributed by atoms with van der Waals surface area (Å²) in [6, 6.07) is 1.55. The van der Waals surface area contributed by atoms with Crippen molar-refractivity contribution in [2.45, 2.75) is 38.4 Å². The summed E-state index contributed by atoms with van der Waals surface area (Å²) in [5.41, 5.74) is 0.798. The summed E-state index contributed by atoms with van der Waals surface area (Å²) < 4.78 is 12.2. The molecule has 1 unspecified atom stereocenters. The van der Waals surface area contributed by atoms with Crippen LogP contribution in [0.5, 0.6) is 0 Å². The van der Waals surface area contributed by atoms with Gasteiger partial charge in [0.2, 0.25) is 0 Å². The van der Waals surface area contributed by atoms with Gasteiger partial charge in [0.05, 0.1) is 9.67 Å². The quantitative estimate of drug-likeness (QED) is 0.630. The fourth-order valence-electron chi connectivity index (χ4n) is 2.87. The van der Waals surface area contributed by atoms with Gasteiger partial charge in [0, 0.05) is 35.7 Å². The number of hydrogen-bond donors (Lipinski definition) is 0. The Hall–Kier alpha value is -1.50. The summed E-state index contributed by atoms with van der Waals surface area (Å²) in [6.45, 7) is 7.35. The topological polar surface area (TPSA) is 76.3 Å². The highest BCUT2D eigenvalue weighted by Crippen LogP contribution is 2.32. The number of pyridine rings is 1. The fourth-order valence-corrected chi connectivity index (χ4v) is 4.63. The van der Waals surface area contributed by atoms with Crippen LogP contribution in [0.1, 0.15) is 32.3 Å². The number of rotatable bonds is 4. The molecule has 2 heterocycles. The first-order chi connectivity index (χ1) is 9.93. The van der Waals surface area contributed by atoms with Gasteiger partial charge in [0.15, 0.2) is 0 Å². The van der Waals surface area contributed by atoms with E-state index in [4.69, 9.17) is 0 Å². The Kier molecular flexibility index (Phi) is 4.61. The molecule has 0 N–H and O–H groups in total. The standard InChI is InChI=1S/C14H21N3O3S/c1-4-14(5-2)10-16(6-7-21(14)20)13-11(3)8-12(9-15-13)17(18)19/h8-9H,4-7,10H2,1-3H3. The molecular weight excluding hydrogens is 290 g/mol. The summed E-state index contributed by atoms with van der Waals surface area (Å²) >= 11 is 0. The van der Waals surface area contributed by atoms with Crippen molar-refractivity contribution in [2.24, 2.45) is 0 Å². The van der Waals surface area contributed by atoms with E-state index in [-0.39, 0.29) is 10.4 Å². The molecule has 0 saturated carbocycles. The van der Waals surface area contributed by atoms with Crippen LogP contribution < -0.4 is 4.90 Å². The van der Waals surface area contributed by atoms with Crippen molar-refractivity contribution in [3.63, 3.8) is 0 Å². The summed E-state index contributed by atoms with van der Waals surface area (Å²) in [7, 11) is -0.827. The molecule has 1 saturated heterocycles. The van der Waals surface area contributed by atoms with Crippen LogP contribution in [0, 0.1) is 17.0 Å². The van der Waals surface area contributed by atoms with Gasteiger partial charge in [-0.05, 0) is 25.3 Å². The molecule has 0 amide bonds. The lowest BCUT2D eigenvalue weighted by Gasteiger charge is -2.42. The van der Waals surface area contributed by atoms with Gasteiger partial charge < -0.3 is 4.90 Å². The van der Waals surface area contributed by atoms with E-state index in [2.05, 4.69) is 23.7 Å². The number of aryl methyl sites for hydroxylation is 1. The smallest absolute Gasteiger partial charge is 0.287 e. The van der Waals surface area contributed by atoms with Crippen LogP contribution in [0.2, 0.25) is 0 Å². The third-order valence-corrected chi connectivity index (χ3v) is 6.57. The highest BCUT2D eigenvalue weighted by atomic mass is 32.2. The Morgan fingerprint density at radius 3 is 2.67 bits per heavy atom. The van der Waals surface area contributed by atoms with Gasteiger partial charge in [-0.15, -0.1) is 0 Å². The lowest BCUT2D eigenvalue weighted by Crippen LogP contribution is -2.53. The fraction of sp³-hybridized carbons (Fsp3) is 0.643. The number of nitrogens with zero attached hydrogens (tertiary/aromatic N) is 3. The Morgan fingerprint density at radius 1 is 1.48 bits per heavy atom. The molecule has 1 atom stereocenters. The van der Waals surface area contributed by atoms with Crippen LogP contribution in [0.15, 0.2) is 12.3 Å². The van der Waals surface area contributed by atoms with Crippen molar-refractivity contribution in [2.75, 3.05) is 23.7 Å². The normalized spacial score (nSPS) is 21.3. The maximum atomic E-state index is 12.4. The molecule has 1 aliphatic rings. The average Bonchev–Trinajstić information content (AvgIpc) is 2.48. The lowest BCUT2D eigenvalue weighted by molar-refractivity contribution is -0.385. The van der Waals surface area contributed by atoms with Crippen LogP contribution >= 0.6 is 0 Å². The Morgan fingerprint density at radius 2 is 2.14 bits per heavy atom. The molecule has 6 nitrogen and oxygen atoms in total. The lowest BCUT2D eigenvalue weighted by atomic mass is 10.0. The number of hydrogen-bond acceptors (Lipinski definition) is 5. The summed E-state index contributed by atoms with van der Waals surface area (Å²) in [5.74, 6) is 1.39. The maximum absolute atomic E-state index is 12.4. The first-order valence-corrected chi connectivity index (χ1v) is 8.50. The highest BCUT2D eigenvalue weighted by molar-refractivity contribution is 7.86. The Bertz CT molecular complexity index is 573. The monoisotopic (exact) mass is 311 g/mol. The molecule has 116 valence electrons. The molecule has 21 heavy (non-hydrogen) atoms. The Balaban J connectivity index is 2.30. The summed E-state index contributed by atoms with van der Waals surface area (Å²) in [4.78, 5) is 16.7. The molecule has 0 spiro atoms.